The first-order chi connectivity index (χ1) is 13.7. The molecule has 1 aliphatic heterocycles. The summed E-state index contributed by atoms with van der Waals surface area (Å²) in [5.74, 6) is 0.0765. The van der Waals surface area contributed by atoms with Crippen molar-refractivity contribution < 1.29 is 9.59 Å². The van der Waals surface area contributed by atoms with Crippen molar-refractivity contribution in [3.63, 3.8) is 0 Å². The zero-order chi connectivity index (χ0) is 19.5. The monoisotopic (exact) mass is 410 g/mol. The first kappa shape index (κ1) is 19.2. The van der Waals surface area contributed by atoms with Gasteiger partial charge >= 0.3 is 0 Å². The van der Waals surface area contributed by atoms with Crippen molar-refractivity contribution in [1.29, 1.82) is 0 Å². The lowest BCUT2D eigenvalue weighted by molar-refractivity contribution is -0.132. The Kier molecular flexibility index (Phi) is 5.78. The fourth-order valence-corrected chi connectivity index (χ4v) is 5.16. The lowest BCUT2D eigenvalue weighted by atomic mass is 10.1. The highest BCUT2D eigenvalue weighted by molar-refractivity contribution is 7.98. The van der Waals surface area contributed by atoms with Gasteiger partial charge in [-0.25, -0.2) is 4.98 Å². The fourth-order valence-electron chi connectivity index (χ4n) is 3.64. The Bertz CT molecular complexity index is 964. The minimum atomic E-state index is 0.0248. The van der Waals surface area contributed by atoms with Crippen molar-refractivity contribution in [2.24, 2.45) is 0 Å². The van der Waals surface area contributed by atoms with Gasteiger partial charge in [-0.2, -0.15) is 0 Å². The standard InChI is InChI=1S/C22H22N2O2S2/c1-27-16-10-8-15(9-11-16)19(25)12-13-21(26)24-14-4-6-18(24)22-23-17-5-2-3-7-20(17)28-22/h2-3,5,7-11,18H,4,6,12-14H2,1H3/t18-/m0/s1. The Morgan fingerprint density at radius 1 is 1.14 bits per heavy atom. The molecule has 0 N–H and O–H groups in total. The fraction of sp³-hybridized carbons (Fsp3) is 0.318. The second-order valence-corrected chi connectivity index (χ2v) is 8.86. The molecular formula is C22H22N2O2S2. The lowest BCUT2D eigenvalue weighted by Crippen LogP contribution is -2.30. The number of thiazole rings is 1. The summed E-state index contributed by atoms with van der Waals surface area (Å²) < 4.78 is 1.15. The van der Waals surface area contributed by atoms with E-state index in [2.05, 4.69) is 6.07 Å². The smallest absolute Gasteiger partial charge is 0.223 e. The van der Waals surface area contributed by atoms with Crippen LogP contribution in [-0.4, -0.2) is 34.4 Å². The minimum absolute atomic E-state index is 0.0248. The van der Waals surface area contributed by atoms with Crippen LogP contribution < -0.4 is 0 Å². The third kappa shape index (κ3) is 3.98. The predicted molar refractivity (Wildman–Crippen MR) is 115 cm³/mol. The minimum Gasteiger partial charge on any atom is -0.333 e. The third-order valence-corrected chi connectivity index (χ3v) is 7.03. The Balaban J connectivity index is 1.41. The van der Waals surface area contributed by atoms with Gasteiger partial charge < -0.3 is 4.90 Å². The van der Waals surface area contributed by atoms with Crippen molar-refractivity contribution in [3.8, 4) is 0 Å². The van der Waals surface area contributed by atoms with E-state index in [-0.39, 0.29) is 30.6 Å². The van der Waals surface area contributed by atoms with Gasteiger partial charge in [0.1, 0.15) is 5.01 Å². The van der Waals surface area contributed by atoms with Crippen LogP contribution in [0.2, 0.25) is 0 Å². The summed E-state index contributed by atoms with van der Waals surface area (Å²) in [6.45, 7) is 0.746. The van der Waals surface area contributed by atoms with Gasteiger partial charge in [0, 0.05) is 29.8 Å². The summed E-state index contributed by atoms with van der Waals surface area (Å²) in [7, 11) is 0. The van der Waals surface area contributed by atoms with Crippen LogP contribution in [0.3, 0.4) is 0 Å². The van der Waals surface area contributed by atoms with Gasteiger partial charge in [-0.15, -0.1) is 23.1 Å². The Morgan fingerprint density at radius 2 is 1.93 bits per heavy atom. The molecule has 2 aromatic carbocycles. The van der Waals surface area contributed by atoms with Crippen LogP contribution in [0, 0.1) is 0 Å². The molecule has 0 saturated carbocycles. The molecule has 4 nitrogen and oxygen atoms in total. The number of amides is 1. The molecule has 0 aliphatic carbocycles. The number of rotatable bonds is 6. The van der Waals surface area contributed by atoms with E-state index in [0.29, 0.717) is 5.56 Å². The second kappa shape index (κ2) is 8.45. The Labute approximate surface area is 173 Å². The van der Waals surface area contributed by atoms with E-state index in [1.54, 1.807) is 23.1 Å². The van der Waals surface area contributed by atoms with E-state index in [1.807, 2.05) is 53.6 Å². The van der Waals surface area contributed by atoms with Gasteiger partial charge in [0.15, 0.2) is 5.78 Å². The summed E-state index contributed by atoms with van der Waals surface area (Å²) in [6, 6.07) is 15.7. The molecule has 3 aromatic rings. The number of ketones is 1. The largest absolute Gasteiger partial charge is 0.333 e. The van der Waals surface area contributed by atoms with E-state index in [9.17, 15) is 9.59 Å². The van der Waals surface area contributed by atoms with E-state index < -0.39 is 0 Å². The highest BCUT2D eigenvalue weighted by Gasteiger charge is 2.32. The molecule has 1 atom stereocenters. The van der Waals surface area contributed by atoms with Gasteiger partial charge in [-0.3, -0.25) is 9.59 Å². The summed E-state index contributed by atoms with van der Waals surface area (Å²) in [4.78, 5) is 33.1. The zero-order valence-corrected chi connectivity index (χ0v) is 17.4. The number of aromatic nitrogens is 1. The highest BCUT2D eigenvalue weighted by Crippen LogP contribution is 2.36. The van der Waals surface area contributed by atoms with Crippen LogP contribution in [0.25, 0.3) is 10.2 Å². The summed E-state index contributed by atoms with van der Waals surface area (Å²) in [5.41, 5.74) is 1.67. The van der Waals surface area contributed by atoms with Crippen LogP contribution in [0.1, 0.15) is 47.1 Å². The molecule has 1 aliphatic rings. The average molecular weight is 411 g/mol. The number of nitrogens with zero attached hydrogens (tertiary/aromatic N) is 2. The molecule has 0 radical (unpaired) electrons. The summed E-state index contributed by atoms with van der Waals surface area (Å²) >= 11 is 3.31. The number of fused-ring (bicyclic) bond motifs is 1. The van der Waals surface area contributed by atoms with Crippen molar-refractivity contribution >= 4 is 45.0 Å². The SMILES string of the molecule is CSc1ccc(C(=O)CCC(=O)N2CCC[C@H]2c2nc3ccccc3s2)cc1. The number of hydrogen-bond donors (Lipinski definition) is 0. The molecule has 0 spiro atoms. The van der Waals surface area contributed by atoms with E-state index in [0.717, 1.165) is 39.5 Å². The summed E-state index contributed by atoms with van der Waals surface area (Å²) in [5, 5.41) is 1.01. The molecule has 1 amide bonds. The van der Waals surface area contributed by atoms with Gasteiger partial charge in [-0.05, 0) is 43.4 Å². The molecule has 1 aromatic heterocycles. The molecular weight excluding hydrogens is 388 g/mol. The van der Waals surface area contributed by atoms with Gasteiger partial charge in [0.25, 0.3) is 0 Å². The van der Waals surface area contributed by atoms with Crippen LogP contribution in [0.5, 0.6) is 0 Å². The maximum atomic E-state index is 12.8. The van der Waals surface area contributed by atoms with Crippen LogP contribution in [0.15, 0.2) is 53.4 Å². The summed E-state index contributed by atoms with van der Waals surface area (Å²) in [6.07, 6.45) is 4.44. The first-order valence-corrected chi connectivity index (χ1v) is 11.5. The molecule has 4 rings (SSSR count). The normalized spacial score (nSPS) is 16.6. The Morgan fingerprint density at radius 3 is 2.68 bits per heavy atom. The maximum Gasteiger partial charge on any atom is 0.223 e. The van der Waals surface area contributed by atoms with E-state index in [1.165, 1.54) is 0 Å². The third-order valence-electron chi connectivity index (χ3n) is 5.15. The van der Waals surface area contributed by atoms with E-state index >= 15 is 0 Å². The molecule has 28 heavy (non-hydrogen) atoms. The molecule has 6 heteroatoms. The maximum absolute atomic E-state index is 12.8. The average Bonchev–Trinajstić information content (AvgIpc) is 3.38. The molecule has 1 saturated heterocycles. The quantitative estimate of drug-likeness (QED) is 0.406. The topological polar surface area (TPSA) is 50.3 Å². The zero-order valence-electron chi connectivity index (χ0n) is 15.8. The van der Waals surface area contributed by atoms with Crippen LogP contribution in [-0.2, 0) is 4.79 Å². The highest BCUT2D eigenvalue weighted by atomic mass is 32.2. The molecule has 0 bridgehead atoms. The van der Waals surface area contributed by atoms with Gasteiger partial charge in [-0.1, -0.05) is 24.3 Å². The Hall–Kier alpha value is -2.18. The first-order valence-electron chi connectivity index (χ1n) is 9.48. The van der Waals surface area contributed by atoms with Gasteiger partial charge in [0.05, 0.1) is 16.3 Å². The second-order valence-electron chi connectivity index (χ2n) is 6.92. The molecule has 2 heterocycles. The predicted octanol–water partition coefficient (Wildman–Crippen LogP) is 5.34. The van der Waals surface area contributed by atoms with Gasteiger partial charge in [0.2, 0.25) is 5.91 Å². The number of carbonyl (C=O) groups excluding carboxylic acids is 2. The number of hydrogen-bond acceptors (Lipinski definition) is 5. The lowest BCUT2D eigenvalue weighted by Gasteiger charge is -2.23. The number of para-hydroxylation sites is 1. The van der Waals surface area contributed by atoms with Crippen molar-refractivity contribution in [3.05, 3.63) is 59.1 Å². The van der Waals surface area contributed by atoms with Crippen molar-refractivity contribution in [1.82, 2.24) is 9.88 Å². The number of benzene rings is 2. The number of carbonyl (C=O) groups is 2. The van der Waals surface area contributed by atoms with Crippen LogP contribution in [0.4, 0.5) is 0 Å². The van der Waals surface area contributed by atoms with Crippen molar-refractivity contribution in [2.45, 2.75) is 36.6 Å². The van der Waals surface area contributed by atoms with E-state index in [4.69, 9.17) is 4.98 Å². The molecule has 0 unspecified atom stereocenters. The number of thioether (sulfide) groups is 1. The van der Waals surface area contributed by atoms with Crippen molar-refractivity contribution in [2.75, 3.05) is 12.8 Å². The molecule has 1 fully saturated rings. The van der Waals surface area contributed by atoms with Crippen LogP contribution >= 0.6 is 23.1 Å². The molecule has 144 valence electrons. The number of likely N-dealkylation sites (tertiary alicyclic amines) is 1. The number of Topliss-reactive ketones (excluding diaryl/α,β-unsaturated/α-hetero) is 1.